The van der Waals surface area contributed by atoms with E-state index in [1.54, 1.807) is 0 Å². The van der Waals surface area contributed by atoms with Crippen molar-refractivity contribution < 1.29 is 38.0 Å². The van der Waals surface area contributed by atoms with Crippen molar-refractivity contribution in [1.82, 2.24) is 0 Å². The number of ether oxygens (including phenoxy) is 6. The molecule has 0 bridgehead atoms. The van der Waals surface area contributed by atoms with E-state index in [1.807, 2.05) is 12.1 Å². The monoisotopic (exact) mass is 1160 g/mol. The van der Waals surface area contributed by atoms with Gasteiger partial charge in [0.1, 0.15) is 12.2 Å². The maximum atomic E-state index is 14.0. The number of alkyl halides is 4. The third kappa shape index (κ3) is 12.3. The molecule has 314 valence electrons. The summed E-state index contributed by atoms with van der Waals surface area (Å²) in [5.74, 6) is 2.77. The molecular formula is C42H56Br6O8. The van der Waals surface area contributed by atoms with Gasteiger partial charge in [-0.05, 0) is 129 Å². The minimum absolute atomic E-state index is 0.0595. The Kier molecular flexibility index (Phi) is 19.2. The molecule has 56 heavy (non-hydrogen) atoms. The molecule has 2 aliphatic rings. The van der Waals surface area contributed by atoms with Crippen LogP contribution in [-0.4, -0.2) is 59.1 Å². The van der Waals surface area contributed by atoms with Crippen LogP contribution in [0.5, 0.6) is 23.0 Å². The quantitative estimate of drug-likeness (QED) is 0.0990. The van der Waals surface area contributed by atoms with E-state index < -0.39 is 12.3 Å². The van der Waals surface area contributed by atoms with Crippen molar-refractivity contribution in [2.75, 3.05) is 24.9 Å². The SMILES string of the molecule is COc1cc(C[C@H](Br)CBr)c(Br)c(-c2c(Br)c(C[C@@H](Br)CBr)cc(OC)c2OC(=O)OC2CC(C)CCC2C(C)C)c1OC(=O)OC1CC(C)CCC1C(C)C. The van der Waals surface area contributed by atoms with E-state index in [2.05, 4.69) is 137 Å². The Hall–Kier alpha value is -0.540. The van der Waals surface area contributed by atoms with Gasteiger partial charge in [-0.25, -0.2) is 9.59 Å². The van der Waals surface area contributed by atoms with Crippen molar-refractivity contribution in [3.63, 3.8) is 0 Å². The highest BCUT2D eigenvalue weighted by molar-refractivity contribution is 9.12. The number of hydrogen-bond donors (Lipinski definition) is 0. The largest absolute Gasteiger partial charge is 0.514 e. The molecule has 6 unspecified atom stereocenters. The van der Waals surface area contributed by atoms with Crippen LogP contribution in [0.1, 0.15) is 91.2 Å². The van der Waals surface area contributed by atoms with Crippen molar-refractivity contribution in [2.45, 2.75) is 115 Å². The Morgan fingerprint density at radius 2 is 1.02 bits per heavy atom. The Morgan fingerprint density at radius 3 is 1.32 bits per heavy atom. The lowest BCUT2D eigenvalue weighted by atomic mass is 9.75. The molecule has 0 heterocycles. The topological polar surface area (TPSA) is 89.5 Å². The molecular weight excluding hydrogens is 1110 g/mol. The number of benzene rings is 2. The first kappa shape index (κ1) is 48.1. The zero-order chi connectivity index (χ0) is 41.4. The first-order valence-corrected chi connectivity index (χ1v) is 25.1. The molecule has 0 radical (unpaired) electrons. The van der Waals surface area contributed by atoms with Gasteiger partial charge in [-0.2, -0.15) is 0 Å². The minimum atomic E-state index is -0.833. The summed E-state index contributed by atoms with van der Waals surface area (Å²) in [6.07, 6.45) is 4.54. The van der Waals surface area contributed by atoms with Crippen LogP contribution >= 0.6 is 95.6 Å². The molecule has 2 fully saturated rings. The molecule has 0 aliphatic heterocycles. The molecule has 8 nitrogen and oxygen atoms in total. The maximum absolute atomic E-state index is 14.0. The van der Waals surface area contributed by atoms with Gasteiger partial charge in [0.25, 0.3) is 0 Å². The fraction of sp³-hybridized carbons (Fsp3) is 0.667. The zero-order valence-electron chi connectivity index (χ0n) is 33.5. The van der Waals surface area contributed by atoms with Crippen LogP contribution < -0.4 is 18.9 Å². The Balaban J connectivity index is 1.94. The molecule has 4 rings (SSSR count). The van der Waals surface area contributed by atoms with Gasteiger partial charge >= 0.3 is 12.3 Å². The summed E-state index contributed by atoms with van der Waals surface area (Å²) in [5, 5.41) is 1.37. The van der Waals surface area contributed by atoms with Gasteiger partial charge in [0.2, 0.25) is 0 Å². The second-order valence-electron chi connectivity index (χ2n) is 16.1. The molecule has 14 heteroatoms. The van der Waals surface area contributed by atoms with Crippen LogP contribution in [0.15, 0.2) is 21.1 Å². The van der Waals surface area contributed by atoms with E-state index in [0.29, 0.717) is 78.7 Å². The highest BCUT2D eigenvalue weighted by atomic mass is 79.9. The fourth-order valence-electron chi connectivity index (χ4n) is 8.14. The first-order valence-electron chi connectivity index (χ1n) is 19.5. The standard InChI is InChI=1S/C42H56Br6O8/c1-21(2)29-11-9-23(5)13-31(29)53-41(49)55-39-33(51-7)17-25(15-27(45)19-43)37(47)35(39)36-38(48)26(16-28(46)20-44)18-34(52-8)40(36)56-42(50)54-32-14-24(6)10-12-30(32)22(3)4/h17-18,21-24,27-32H,9-16,19-20H2,1-8H3/t23?,24?,27-,28+,29?,30?,31?,32?. The van der Waals surface area contributed by atoms with Crippen LogP contribution in [0.4, 0.5) is 9.59 Å². The smallest absolute Gasteiger partial charge is 0.493 e. The molecule has 2 saturated carbocycles. The molecule has 0 amide bonds. The summed E-state index contributed by atoms with van der Waals surface area (Å²) < 4.78 is 38.1. The van der Waals surface area contributed by atoms with Crippen LogP contribution in [0, 0.1) is 35.5 Å². The summed E-state index contributed by atoms with van der Waals surface area (Å²) in [7, 11) is 3.07. The van der Waals surface area contributed by atoms with E-state index in [4.69, 9.17) is 28.4 Å². The van der Waals surface area contributed by atoms with Gasteiger partial charge in [0.05, 0.1) is 14.2 Å². The summed E-state index contributed by atoms with van der Waals surface area (Å²) in [4.78, 5) is 28.1. The average Bonchev–Trinajstić information content (AvgIpc) is 3.14. The average molecular weight is 1170 g/mol. The summed E-state index contributed by atoms with van der Waals surface area (Å²) in [6, 6.07) is 3.71. The second-order valence-corrected chi connectivity index (χ2v) is 21.6. The number of rotatable bonds is 15. The van der Waals surface area contributed by atoms with Gasteiger partial charge < -0.3 is 28.4 Å². The van der Waals surface area contributed by atoms with Crippen molar-refractivity contribution >= 4 is 108 Å². The van der Waals surface area contributed by atoms with E-state index in [-0.39, 0.29) is 45.2 Å². The Labute approximate surface area is 384 Å². The summed E-state index contributed by atoms with van der Waals surface area (Å²) >= 11 is 22.6. The molecule has 0 N–H and O–H groups in total. The molecule has 2 aromatic rings. The first-order chi connectivity index (χ1) is 26.5. The Bertz CT molecular complexity index is 1530. The number of methoxy groups -OCH3 is 2. The fourth-order valence-corrected chi connectivity index (χ4v) is 10.6. The van der Waals surface area contributed by atoms with E-state index in [0.717, 1.165) is 49.7 Å². The van der Waals surface area contributed by atoms with Gasteiger partial charge in [-0.15, -0.1) is 0 Å². The lowest BCUT2D eigenvalue weighted by Crippen LogP contribution is -2.36. The third-order valence-electron chi connectivity index (χ3n) is 11.2. The van der Waals surface area contributed by atoms with Crippen LogP contribution in [0.2, 0.25) is 0 Å². The molecule has 8 atom stereocenters. The second kappa shape index (κ2) is 22.3. The molecule has 0 spiro atoms. The number of halogens is 6. The van der Waals surface area contributed by atoms with Crippen molar-refractivity contribution in [3.8, 4) is 34.1 Å². The van der Waals surface area contributed by atoms with Gasteiger partial charge in [-0.1, -0.05) is 118 Å². The predicted octanol–water partition coefficient (Wildman–Crippen LogP) is 14.2. The van der Waals surface area contributed by atoms with Crippen LogP contribution in [0.3, 0.4) is 0 Å². The Morgan fingerprint density at radius 1 is 0.661 bits per heavy atom. The van der Waals surface area contributed by atoms with E-state index in [1.165, 1.54) is 14.2 Å². The molecule has 2 aromatic carbocycles. The molecule has 0 saturated heterocycles. The van der Waals surface area contributed by atoms with Gasteiger partial charge in [0, 0.05) is 40.4 Å². The molecule has 2 aliphatic carbocycles. The van der Waals surface area contributed by atoms with E-state index in [9.17, 15) is 9.59 Å². The maximum Gasteiger partial charge on any atom is 0.514 e. The highest BCUT2D eigenvalue weighted by Crippen LogP contribution is 2.55. The van der Waals surface area contributed by atoms with Crippen LogP contribution in [-0.2, 0) is 22.3 Å². The third-order valence-corrected chi connectivity index (χ3v) is 17.6. The normalized spacial score (nSPS) is 23.7. The number of carbonyl (C=O) groups excluding carboxylic acids is 2. The number of hydrogen-bond acceptors (Lipinski definition) is 8. The minimum Gasteiger partial charge on any atom is -0.493 e. The van der Waals surface area contributed by atoms with Crippen molar-refractivity contribution in [3.05, 3.63) is 32.2 Å². The summed E-state index contributed by atoms with van der Waals surface area (Å²) in [5.41, 5.74) is 2.57. The van der Waals surface area contributed by atoms with Crippen LogP contribution in [0.25, 0.3) is 11.1 Å². The predicted molar refractivity (Wildman–Crippen MR) is 245 cm³/mol. The zero-order valence-corrected chi connectivity index (χ0v) is 43.0. The summed E-state index contributed by atoms with van der Waals surface area (Å²) in [6.45, 7) is 13.0. The number of carbonyl (C=O) groups is 2. The van der Waals surface area contributed by atoms with Gasteiger partial charge in [0.15, 0.2) is 23.0 Å². The highest BCUT2D eigenvalue weighted by Gasteiger charge is 2.38. The molecule has 0 aromatic heterocycles. The van der Waals surface area contributed by atoms with Crippen molar-refractivity contribution in [2.24, 2.45) is 35.5 Å². The van der Waals surface area contributed by atoms with E-state index >= 15 is 0 Å². The lowest BCUT2D eigenvalue weighted by Gasteiger charge is -2.36. The van der Waals surface area contributed by atoms with Gasteiger partial charge in [-0.3, -0.25) is 0 Å². The van der Waals surface area contributed by atoms with Crippen molar-refractivity contribution in [1.29, 1.82) is 0 Å². The lowest BCUT2D eigenvalue weighted by molar-refractivity contribution is -0.0148.